The van der Waals surface area contributed by atoms with E-state index in [1.54, 1.807) is 48.8 Å². The maximum absolute atomic E-state index is 11.7. The van der Waals surface area contributed by atoms with Gasteiger partial charge in [-0.25, -0.2) is 0 Å². The topological polar surface area (TPSA) is 106 Å². The molecule has 1 atom stereocenters. The number of ketones is 1. The van der Waals surface area contributed by atoms with E-state index in [0.717, 1.165) is 0 Å². The summed E-state index contributed by atoms with van der Waals surface area (Å²) >= 11 is 0. The molecule has 0 radical (unpaired) electrons. The molecule has 0 saturated heterocycles. The van der Waals surface area contributed by atoms with Crippen molar-refractivity contribution in [3.8, 4) is 0 Å². The monoisotopic (exact) mass is 357 g/mol. The van der Waals surface area contributed by atoms with Crippen LogP contribution in [0.5, 0.6) is 0 Å². The maximum atomic E-state index is 11.7. The van der Waals surface area contributed by atoms with E-state index in [1.165, 1.54) is 0 Å². The normalized spacial score (nSPS) is 10.8. The van der Waals surface area contributed by atoms with Crippen LogP contribution in [0.4, 0.5) is 0 Å². The molecule has 2 rings (SSSR count). The summed E-state index contributed by atoms with van der Waals surface area (Å²) in [6.07, 6.45) is 3.74. The summed E-state index contributed by atoms with van der Waals surface area (Å²) in [5.74, 6) is -0.703. The van der Waals surface area contributed by atoms with Crippen LogP contribution in [-0.2, 0) is 4.79 Å². The van der Waals surface area contributed by atoms with Crippen molar-refractivity contribution >= 4 is 49.5 Å². The average Bonchev–Trinajstić information content (AvgIpc) is 2.55. The fraction of sp³-hybridized carbons (Fsp3) is 0.294. The Labute approximate surface area is 171 Å². The summed E-state index contributed by atoms with van der Waals surface area (Å²) in [7, 11) is 0. The van der Waals surface area contributed by atoms with Gasteiger partial charge in [0.25, 0.3) is 0 Å². The Balaban J connectivity index is 0.000000468. The molecule has 3 N–H and O–H groups in total. The number of aliphatic carboxylic acids is 1. The summed E-state index contributed by atoms with van der Waals surface area (Å²) in [4.78, 5) is 29.8. The first-order valence-corrected chi connectivity index (χ1v) is 7.27. The third-order valence-corrected chi connectivity index (χ3v) is 2.84. The Morgan fingerprint density at radius 2 is 1.50 bits per heavy atom. The molecule has 2 aromatic rings. The molecule has 0 aliphatic carbocycles. The molecule has 7 heteroatoms. The number of carboxylic acids is 1. The zero-order valence-electron chi connectivity index (χ0n) is 13.2. The second-order valence-electron chi connectivity index (χ2n) is 5.33. The number of carbonyl (C=O) groups excluding carboxylic acids is 1. The van der Waals surface area contributed by atoms with E-state index in [-0.39, 0.29) is 43.5 Å². The number of hydrogen-bond acceptors (Lipinski definition) is 5. The Hall–Kier alpha value is -1.34. The summed E-state index contributed by atoms with van der Waals surface area (Å²) < 4.78 is 0. The van der Waals surface area contributed by atoms with Crippen LogP contribution in [0.15, 0.2) is 48.8 Å². The summed E-state index contributed by atoms with van der Waals surface area (Å²) in [5, 5.41) is 8.31. The zero-order valence-corrected chi connectivity index (χ0v) is 13.2. The van der Waals surface area contributed by atoms with Crippen LogP contribution in [0.25, 0.3) is 0 Å². The van der Waals surface area contributed by atoms with Crippen molar-refractivity contribution in [3.05, 3.63) is 60.2 Å². The molecule has 0 aliphatic heterocycles. The van der Waals surface area contributed by atoms with Crippen molar-refractivity contribution in [1.29, 1.82) is 0 Å². The molecule has 2 aromatic heterocycles. The van der Waals surface area contributed by atoms with Gasteiger partial charge in [0.1, 0.15) is 17.4 Å². The quantitative estimate of drug-likeness (QED) is 0.616. The van der Waals surface area contributed by atoms with Gasteiger partial charge < -0.3 is 10.8 Å². The number of aromatic nitrogens is 2. The molecule has 0 amide bonds. The van der Waals surface area contributed by atoms with Gasteiger partial charge in [-0.3, -0.25) is 19.6 Å². The molecule has 0 aromatic carbocycles. The van der Waals surface area contributed by atoms with E-state index in [0.29, 0.717) is 23.7 Å². The van der Waals surface area contributed by atoms with Crippen LogP contribution in [0.2, 0.25) is 0 Å². The average molecular weight is 357 g/mol. The second-order valence-corrected chi connectivity index (χ2v) is 5.33. The van der Waals surface area contributed by atoms with Crippen molar-refractivity contribution in [2.75, 3.05) is 0 Å². The molecule has 6 nitrogen and oxygen atoms in total. The van der Waals surface area contributed by atoms with Gasteiger partial charge in [0, 0.05) is 12.4 Å². The van der Waals surface area contributed by atoms with Crippen molar-refractivity contribution in [1.82, 2.24) is 9.97 Å². The van der Waals surface area contributed by atoms with E-state index in [9.17, 15) is 9.59 Å². The first-order valence-electron chi connectivity index (χ1n) is 7.27. The van der Waals surface area contributed by atoms with E-state index in [2.05, 4.69) is 9.97 Å². The first-order chi connectivity index (χ1) is 10.9. The summed E-state index contributed by atoms with van der Waals surface area (Å²) in [6, 6.07) is 9.77. The van der Waals surface area contributed by atoms with Gasteiger partial charge in [-0.05, 0) is 36.6 Å². The number of carbonyl (C=O) groups is 2. The molecule has 1 unspecified atom stereocenters. The van der Waals surface area contributed by atoms with Gasteiger partial charge in [0.2, 0.25) is 5.78 Å². The molecule has 0 saturated carbocycles. The minimum atomic E-state index is -0.913. The predicted molar refractivity (Wildman–Crippen MR) is 95.5 cm³/mol. The molecule has 126 valence electrons. The van der Waals surface area contributed by atoms with Crippen molar-refractivity contribution in [2.45, 2.75) is 26.3 Å². The van der Waals surface area contributed by atoms with E-state index < -0.39 is 12.0 Å². The van der Waals surface area contributed by atoms with Crippen LogP contribution >= 0.6 is 0 Å². The van der Waals surface area contributed by atoms with Crippen molar-refractivity contribution in [2.24, 2.45) is 11.7 Å². The molecular weight excluding hydrogens is 334 g/mol. The standard InChI is InChI=1S/C11H8N2O.C6H13NO2.Ca.2H/c14-11(9-5-1-3-7-12-9)10-6-2-4-8-13-10;1-4(2)3-5(7)6(8)9;;;/h1-8H;4-5H,3,7H2,1-2H3,(H,8,9);;;. The van der Waals surface area contributed by atoms with Crippen molar-refractivity contribution in [3.63, 3.8) is 0 Å². The third-order valence-electron chi connectivity index (χ3n) is 2.84. The van der Waals surface area contributed by atoms with Gasteiger partial charge in [-0.15, -0.1) is 0 Å². The Morgan fingerprint density at radius 1 is 1.04 bits per heavy atom. The molecule has 0 fully saturated rings. The zero-order chi connectivity index (χ0) is 17.2. The predicted octanol–water partition coefficient (Wildman–Crippen LogP) is 1.24. The molecule has 2 heterocycles. The molecule has 0 spiro atoms. The van der Waals surface area contributed by atoms with Gasteiger partial charge in [-0.2, -0.15) is 0 Å². The number of nitrogens with zero attached hydrogens (tertiary/aromatic N) is 2. The van der Waals surface area contributed by atoms with Crippen LogP contribution in [-0.4, -0.2) is 70.6 Å². The van der Waals surface area contributed by atoms with Crippen LogP contribution in [0.3, 0.4) is 0 Å². The third kappa shape index (κ3) is 8.49. The van der Waals surface area contributed by atoms with E-state index in [4.69, 9.17) is 10.8 Å². The van der Waals surface area contributed by atoms with Crippen LogP contribution in [0.1, 0.15) is 36.5 Å². The molecule has 0 bridgehead atoms. The minimum absolute atomic E-state index is 0. The second kappa shape index (κ2) is 12.1. The number of pyridine rings is 2. The molecule has 24 heavy (non-hydrogen) atoms. The van der Waals surface area contributed by atoms with E-state index in [1.807, 2.05) is 13.8 Å². The van der Waals surface area contributed by atoms with Gasteiger partial charge in [-0.1, -0.05) is 26.0 Å². The SMILES string of the molecule is CC(C)CC(N)C(=O)O.O=C(c1ccccn1)c1ccccn1.[CaH2]. The van der Waals surface area contributed by atoms with Gasteiger partial charge in [0.15, 0.2) is 0 Å². The number of nitrogens with two attached hydrogens (primary N) is 1. The Bertz CT molecular complexity index is 580. The van der Waals surface area contributed by atoms with Gasteiger partial charge >= 0.3 is 43.7 Å². The number of carboxylic acid groups (broad SMARTS) is 1. The fourth-order valence-corrected chi connectivity index (χ4v) is 1.73. The number of hydrogen-bond donors (Lipinski definition) is 2. The van der Waals surface area contributed by atoms with Crippen molar-refractivity contribution < 1.29 is 14.7 Å². The molecular formula is C17H23CaN3O3. The summed E-state index contributed by atoms with van der Waals surface area (Å²) in [5.41, 5.74) is 6.06. The Kier molecular flexibility index (Phi) is 11.4. The Morgan fingerprint density at radius 3 is 1.75 bits per heavy atom. The fourth-order valence-electron chi connectivity index (χ4n) is 1.73. The van der Waals surface area contributed by atoms with Gasteiger partial charge in [0.05, 0.1) is 0 Å². The number of rotatable bonds is 5. The summed E-state index contributed by atoms with van der Waals surface area (Å²) in [6.45, 7) is 3.89. The molecule has 0 aliphatic rings. The van der Waals surface area contributed by atoms with Crippen LogP contribution < -0.4 is 5.73 Å². The van der Waals surface area contributed by atoms with E-state index >= 15 is 0 Å². The van der Waals surface area contributed by atoms with Crippen LogP contribution in [0, 0.1) is 5.92 Å². The first kappa shape index (κ1) is 22.7.